The Morgan fingerprint density at radius 2 is 1.75 bits per heavy atom. The number of nitrogens with zero attached hydrogens (tertiary/aromatic N) is 1. The number of rotatable bonds is 7. The maximum absolute atomic E-state index is 4.99. The largest absolute Gasteiger partial charge is 0.383 e. The molecule has 1 aromatic carbocycles. The van der Waals surface area contributed by atoms with Gasteiger partial charge in [0, 0.05) is 38.1 Å². The SMILES string of the molecule is CCN(CC)c1ccc(NCCOC)cc1. The number of nitrogens with one attached hydrogen (secondary N) is 1. The minimum Gasteiger partial charge on any atom is -0.383 e. The molecule has 0 aliphatic heterocycles. The first-order chi connectivity index (χ1) is 7.81. The summed E-state index contributed by atoms with van der Waals surface area (Å²) in [7, 11) is 1.71. The van der Waals surface area contributed by atoms with Crippen molar-refractivity contribution in [2.45, 2.75) is 13.8 Å². The van der Waals surface area contributed by atoms with Gasteiger partial charge in [0.05, 0.1) is 6.61 Å². The zero-order valence-electron chi connectivity index (χ0n) is 10.5. The normalized spacial score (nSPS) is 10.2. The van der Waals surface area contributed by atoms with Gasteiger partial charge in [0.2, 0.25) is 0 Å². The van der Waals surface area contributed by atoms with Crippen LogP contribution in [-0.4, -0.2) is 33.4 Å². The number of benzene rings is 1. The van der Waals surface area contributed by atoms with Crippen LogP contribution in [0.3, 0.4) is 0 Å². The lowest BCUT2D eigenvalue weighted by molar-refractivity contribution is 0.211. The second kappa shape index (κ2) is 7.12. The zero-order chi connectivity index (χ0) is 11.8. The molecule has 90 valence electrons. The van der Waals surface area contributed by atoms with E-state index < -0.39 is 0 Å². The quantitative estimate of drug-likeness (QED) is 0.718. The molecule has 0 aliphatic carbocycles. The number of ether oxygens (including phenoxy) is 1. The molecule has 0 amide bonds. The van der Waals surface area contributed by atoms with E-state index in [1.165, 1.54) is 5.69 Å². The van der Waals surface area contributed by atoms with E-state index in [1.807, 2.05) is 0 Å². The highest BCUT2D eigenvalue weighted by molar-refractivity contribution is 5.54. The maximum Gasteiger partial charge on any atom is 0.0635 e. The van der Waals surface area contributed by atoms with Crippen LogP contribution < -0.4 is 10.2 Å². The number of methoxy groups -OCH3 is 1. The van der Waals surface area contributed by atoms with E-state index in [-0.39, 0.29) is 0 Å². The fourth-order valence-corrected chi connectivity index (χ4v) is 1.68. The van der Waals surface area contributed by atoms with Crippen molar-refractivity contribution in [2.75, 3.05) is 43.6 Å². The van der Waals surface area contributed by atoms with Crippen LogP contribution in [0.1, 0.15) is 13.8 Å². The lowest BCUT2D eigenvalue weighted by Crippen LogP contribution is -2.21. The predicted octanol–water partition coefficient (Wildman–Crippen LogP) is 2.59. The molecule has 1 aromatic rings. The average Bonchev–Trinajstić information content (AvgIpc) is 2.33. The van der Waals surface area contributed by atoms with Gasteiger partial charge in [-0.1, -0.05) is 0 Å². The second-order valence-electron chi connectivity index (χ2n) is 3.64. The van der Waals surface area contributed by atoms with Crippen LogP contribution in [0.4, 0.5) is 11.4 Å². The molecule has 0 radical (unpaired) electrons. The minimum atomic E-state index is 0.734. The standard InChI is InChI=1S/C13H22N2O/c1-4-15(5-2)13-8-6-12(7-9-13)14-10-11-16-3/h6-9,14H,4-5,10-11H2,1-3H3. The molecular formula is C13H22N2O. The van der Waals surface area contributed by atoms with Crippen molar-refractivity contribution in [1.29, 1.82) is 0 Å². The molecule has 0 atom stereocenters. The summed E-state index contributed by atoms with van der Waals surface area (Å²) < 4.78 is 4.99. The molecule has 0 aromatic heterocycles. The third-order valence-electron chi connectivity index (χ3n) is 2.63. The van der Waals surface area contributed by atoms with Crippen LogP contribution in [-0.2, 0) is 4.74 Å². The van der Waals surface area contributed by atoms with Crippen LogP contribution in [0.15, 0.2) is 24.3 Å². The van der Waals surface area contributed by atoms with E-state index in [4.69, 9.17) is 4.74 Å². The highest BCUT2D eigenvalue weighted by atomic mass is 16.5. The molecule has 0 fully saturated rings. The molecule has 0 bridgehead atoms. The van der Waals surface area contributed by atoms with Crippen molar-refractivity contribution in [2.24, 2.45) is 0 Å². The summed E-state index contributed by atoms with van der Waals surface area (Å²) in [6, 6.07) is 8.54. The van der Waals surface area contributed by atoms with Crippen molar-refractivity contribution in [3.8, 4) is 0 Å². The molecular weight excluding hydrogens is 200 g/mol. The molecule has 1 N–H and O–H groups in total. The summed E-state index contributed by atoms with van der Waals surface area (Å²) in [6.45, 7) is 8.03. The first-order valence-electron chi connectivity index (χ1n) is 5.89. The Hall–Kier alpha value is -1.22. The molecule has 0 unspecified atom stereocenters. The van der Waals surface area contributed by atoms with Gasteiger partial charge in [-0.15, -0.1) is 0 Å². The first-order valence-corrected chi connectivity index (χ1v) is 5.89. The van der Waals surface area contributed by atoms with E-state index >= 15 is 0 Å². The lowest BCUT2D eigenvalue weighted by atomic mass is 10.2. The fourth-order valence-electron chi connectivity index (χ4n) is 1.68. The molecule has 0 spiro atoms. The van der Waals surface area contributed by atoms with Gasteiger partial charge < -0.3 is 15.0 Å². The Bertz CT molecular complexity index is 280. The van der Waals surface area contributed by atoms with Gasteiger partial charge in [-0.25, -0.2) is 0 Å². The van der Waals surface area contributed by atoms with Gasteiger partial charge in [-0.3, -0.25) is 0 Å². The molecule has 0 saturated heterocycles. The van der Waals surface area contributed by atoms with Gasteiger partial charge >= 0.3 is 0 Å². The number of hydrogen-bond acceptors (Lipinski definition) is 3. The van der Waals surface area contributed by atoms with Gasteiger partial charge in [-0.05, 0) is 38.1 Å². The summed E-state index contributed by atoms with van der Waals surface area (Å²) in [5.41, 5.74) is 2.43. The van der Waals surface area contributed by atoms with Crippen LogP contribution >= 0.6 is 0 Å². The summed E-state index contributed by atoms with van der Waals surface area (Å²) in [5, 5.41) is 3.30. The summed E-state index contributed by atoms with van der Waals surface area (Å²) >= 11 is 0. The van der Waals surface area contributed by atoms with Crippen LogP contribution in [0.25, 0.3) is 0 Å². The van der Waals surface area contributed by atoms with Crippen LogP contribution in [0, 0.1) is 0 Å². The van der Waals surface area contributed by atoms with E-state index in [0.29, 0.717) is 0 Å². The van der Waals surface area contributed by atoms with Gasteiger partial charge in [0.1, 0.15) is 0 Å². The molecule has 1 rings (SSSR count). The van der Waals surface area contributed by atoms with Gasteiger partial charge in [0.15, 0.2) is 0 Å². The summed E-state index contributed by atoms with van der Waals surface area (Å²) in [6.07, 6.45) is 0. The highest BCUT2D eigenvalue weighted by Crippen LogP contribution is 2.17. The van der Waals surface area contributed by atoms with Crippen LogP contribution in [0.5, 0.6) is 0 Å². The molecule has 0 aliphatic rings. The monoisotopic (exact) mass is 222 g/mol. The highest BCUT2D eigenvalue weighted by Gasteiger charge is 2.00. The minimum absolute atomic E-state index is 0.734. The van der Waals surface area contributed by atoms with E-state index in [1.54, 1.807) is 7.11 Å². The van der Waals surface area contributed by atoms with Crippen molar-refractivity contribution >= 4 is 11.4 Å². The van der Waals surface area contributed by atoms with Crippen molar-refractivity contribution < 1.29 is 4.74 Å². The Labute approximate surface area is 98.4 Å². The van der Waals surface area contributed by atoms with E-state index in [9.17, 15) is 0 Å². The van der Waals surface area contributed by atoms with Gasteiger partial charge in [-0.2, -0.15) is 0 Å². The second-order valence-corrected chi connectivity index (χ2v) is 3.64. The zero-order valence-corrected chi connectivity index (χ0v) is 10.5. The lowest BCUT2D eigenvalue weighted by Gasteiger charge is -2.21. The summed E-state index contributed by atoms with van der Waals surface area (Å²) in [4.78, 5) is 2.33. The molecule has 0 saturated carbocycles. The Morgan fingerprint density at radius 3 is 2.25 bits per heavy atom. The Balaban J connectivity index is 2.53. The molecule has 3 nitrogen and oxygen atoms in total. The van der Waals surface area contributed by atoms with E-state index in [2.05, 4.69) is 48.3 Å². The van der Waals surface area contributed by atoms with Gasteiger partial charge in [0.25, 0.3) is 0 Å². The molecule has 3 heteroatoms. The average molecular weight is 222 g/mol. The Kier molecular flexibility index (Phi) is 5.72. The summed E-state index contributed by atoms with van der Waals surface area (Å²) in [5.74, 6) is 0. The number of hydrogen-bond donors (Lipinski definition) is 1. The van der Waals surface area contributed by atoms with E-state index in [0.717, 1.165) is 31.9 Å². The first kappa shape index (κ1) is 12.8. The number of anilines is 2. The Morgan fingerprint density at radius 1 is 1.12 bits per heavy atom. The van der Waals surface area contributed by atoms with Crippen molar-refractivity contribution in [3.05, 3.63) is 24.3 Å². The topological polar surface area (TPSA) is 24.5 Å². The molecule has 16 heavy (non-hydrogen) atoms. The molecule has 0 heterocycles. The predicted molar refractivity (Wildman–Crippen MR) is 70.4 cm³/mol. The smallest absolute Gasteiger partial charge is 0.0635 e. The van der Waals surface area contributed by atoms with Crippen molar-refractivity contribution in [1.82, 2.24) is 0 Å². The fraction of sp³-hybridized carbons (Fsp3) is 0.538. The third-order valence-corrected chi connectivity index (χ3v) is 2.63. The maximum atomic E-state index is 4.99. The van der Waals surface area contributed by atoms with Crippen LogP contribution in [0.2, 0.25) is 0 Å². The van der Waals surface area contributed by atoms with Crippen molar-refractivity contribution in [3.63, 3.8) is 0 Å². The third kappa shape index (κ3) is 3.74.